The van der Waals surface area contributed by atoms with Gasteiger partial charge in [-0.25, -0.2) is 12.8 Å². The maximum Gasteiger partial charge on any atom is 0.264 e. The summed E-state index contributed by atoms with van der Waals surface area (Å²) in [5.74, 6) is -1.09. The SMILES string of the molecule is CCNC(=O)C(CC)N(Cc1ccc(F)cc1)C(=O)CN(c1ccccc1OCC)S(=O)(=O)c1ccc(SC)cc1. The lowest BCUT2D eigenvalue weighted by molar-refractivity contribution is -0.140. The number of halogens is 1. The number of para-hydroxylation sites is 2. The van der Waals surface area contributed by atoms with Crippen LogP contribution in [0.5, 0.6) is 5.75 Å². The zero-order valence-corrected chi connectivity index (χ0v) is 25.3. The Hall–Kier alpha value is -3.57. The Morgan fingerprint density at radius 2 is 1.63 bits per heavy atom. The fourth-order valence-corrected chi connectivity index (χ4v) is 6.16. The zero-order valence-electron chi connectivity index (χ0n) is 23.7. The number of rotatable bonds is 14. The highest BCUT2D eigenvalue weighted by Crippen LogP contribution is 2.33. The molecule has 1 atom stereocenters. The Morgan fingerprint density at radius 3 is 2.22 bits per heavy atom. The van der Waals surface area contributed by atoms with Gasteiger partial charge in [0.25, 0.3) is 10.0 Å². The molecule has 0 radical (unpaired) electrons. The van der Waals surface area contributed by atoms with Crippen molar-refractivity contribution in [1.29, 1.82) is 0 Å². The van der Waals surface area contributed by atoms with Gasteiger partial charge in [-0.05, 0) is 80.6 Å². The monoisotopic (exact) mass is 601 g/mol. The summed E-state index contributed by atoms with van der Waals surface area (Å²) in [6.07, 6.45) is 2.18. The van der Waals surface area contributed by atoms with Crippen LogP contribution in [0.1, 0.15) is 32.8 Å². The van der Waals surface area contributed by atoms with E-state index in [1.165, 1.54) is 53.1 Å². The first-order valence-electron chi connectivity index (χ1n) is 13.4. The minimum atomic E-state index is -4.24. The highest BCUT2D eigenvalue weighted by atomic mass is 32.2. The largest absolute Gasteiger partial charge is 0.492 e. The number of nitrogens with one attached hydrogen (secondary N) is 1. The molecule has 0 heterocycles. The van der Waals surface area contributed by atoms with Crippen LogP contribution < -0.4 is 14.4 Å². The Labute approximate surface area is 245 Å². The van der Waals surface area contributed by atoms with Crippen LogP contribution in [0.25, 0.3) is 0 Å². The average molecular weight is 602 g/mol. The number of likely N-dealkylation sites (N-methyl/N-ethyl adjacent to an activating group) is 1. The summed E-state index contributed by atoms with van der Waals surface area (Å²) < 4.78 is 48.5. The van der Waals surface area contributed by atoms with E-state index in [4.69, 9.17) is 4.74 Å². The quantitative estimate of drug-likeness (QED) is 0.259. The van der Waals surface area contributed by atoms with E-state index in [0.29, 0.717) is 17.9 Å². The van der Waals surface area contributed by atoms with Crippen LogP contribution >= 0.6 is 11.8 Å². The van der Waals surface area contributed by atoms with Gasteiger partial charge >= 0.3 is 0 Å². The first kappa shape index (κ1) is 32.0. The van der Waals surface area contributed by atoms with Gasteiger partial charge in [0, 0.05) is 18.0 Å². The molecule has 1 unspecified atom stereocenters. The van der Waals surface area contributed by atoms with Gasteiger partial charge in [0.1, 0.15) is 24.2 Å². The van der Waals surface area contributed by atoms with E-state index in [9.17, 15) is 22.4 Å². The van der Waals surface area contributed by atoms with E-state index in [0.717, 1.165) is 9.20 Å². The molecular formula is C30H36FN3O5S2. The molecule has 0 bridgehead atoms. The second-order valence-electron chi connectivity index (χ2n) is 9.05. The van der Waals surface area contributed by atoms with Crippen molar-refractivity contribution < 1.29 is 27.1 Å². The fraction of sp³-hybridized carbons (Fsp3) is 0.333. The lowest BCUT2D eigenvalue weighted by Crippen LogP contribution is -2.52. The molecule has 3 rings (SSSR count). The highest BCUT2D eigenvalue weighted by molar-refractivity contribution is 7.98. The van der Waals surface area contributed by atoms with E-state index in [1.54, 1.807) is 57.2 Å². The highest BCUT2D eigenvalue weighted by Gasteiger charge is 2.34. The topological polar surface area (TPSA) is 96.0 Å². The van der Waals surface area contributed by atoms with Crippen LogP contribution in [0.15, 0.2) is 82.6 Å². The summed E-state index contributed by atoms with van der Waals surface area (Å²) in [4.78, 5) is 29.3. The summed E-state index contributed by atoms with van der Waals surface area (Å²) in [6.45, 7) is 5.38. The van der Waals surface area contributed by atoms with Gasteiger partial charge in [0.15, 0.2) is 0 Å². The molecule has 3 aromatic rings. The third kappa shape index (κ3) is 8.01. The van der Waals surface area contributed by atoms with Crippen LogP contribution in [0.2, 0.25) is 0 Å². The number of hydrogen-bond acceptors (Lipinski definition) is 6. The van der Waals surface area contributed by atoms with Crippen molar-refractivity contribution in [2.24, 2.45) is 0 Å². The molecule has 2 amide bonds. The van der Waals surface area contributed by atoms with Gasteiger partial charge in [0.05, 0.1) is 17.2 Å². The third-order valence-corrected chi connectivity index (χ3v) is 8.88. The first-order valence-corrected chi connectivity index (χ1v) is 16.0. The molecule has 0 aliphatic rings. The number of benzene rings is 3. The molecule has 0 aliphatic heterocycles. The Balaban J connectivity index is 2.11. The summed E-state index contributed by atoms with van der Waals surface area (Å²) in [5.41, 5.74) is 0.795. The van der Waals surface area contributed by atoms with Crippen LogP contribution in [-0.2, 0) is 26.2 Å². The van der Waals surface area contributed by atoms with Gasteiger partial charge in [-0.2, -0.15) is 0 Å². The molecule has 0 fully saturated rings. The Kier molecular flexibility index (Phi) is 11.6. The van der Waals surface area contributed by atoms with Crippen LogP contribution in [0.3, 0.4) is 0 Å². The molecular weight excluding hydrogens is 565 g/mol. The molecule has 0 aliphatic carbocycles. The minimum Gasteiger partial charge on any atom is -0.492 e. The van der Waals surface area contributed by atoms with Crippen molar-refractivity contribution in [1.82, 2.24) is 10.2 Å². The number of nitrogens with zero attached hydrogens (tertiary/aromatic N) is 2. The summed E-state index contributed by atoms with van der Waals surface area (Å²) in [7, 11) is -4.24. The number of anilines is 1. The van der Waals surface area contributed by atoms with Crippen molar-refractivity contribution >= 4 is 39.3 Å². The normalized spacial score (nSPS) is 11.9. The molecule has 3 aromatic carbocycles. The van der Waals surface area contributed by atoms with Crippen molar-refractivity contribution in [3.63, 3.8) is 0 Å². The molecule has 220 valence electrons. The van der Waals surface area contributed by atoms with E-state index in [1.807, 2.05) is 6.26 Å². The van der Waals surface area contributed by atoms with Crippen molar-refractivity contribution in [2.75, 3.05) is 30.3 Å². The molecule has 1 N–H and O–H groups in total. The standard InChI is InChI=1S/C30H36FN3O5S2/c1-5-26(30(36)32-6-2)33(20-22-12-14-23(31)15-13-22)29(35)21-34(27-10-8-9-11-28(27)39-7-3)41(37,38)25-18-16-24(40-4)17-19-25/h8-19,26H,5-7,20-21H2,1-4H3,(H,32,36). The molecule has 8 nitrogen and oxygen atoms in total. The second kappa shape index (κ2) is 14.9. The molecule has 41 heavy (non-hydrogen) atoms. The predicted molar refractivity (Wildman–Crippen MR) is 160 cm³/mol. The first-order chi connectivity index (χ1) is 19.7. The van der Waals surface area contributed by atoms with Crippen LogP contribution in [-0.4, -0.2) is 57.1 Å². The predicted octanol–water partition coefficient (Wildman–Crippen LogP) is 5.09. The van der Waals surface area contributed by atoms with E-state index in [-0.39, 0.29) is 36.1 Å². The Bertz CT molecular complexity index is 1420. The number of thioether (sulfide) groups is 1. The van der Waals surface area contributed by atoms with Crippen LogP contribution in [0, 0.1) is 5.82 Å². The maximum absolute atomic E-state index is 14.1. The number of carbonyl (C=O) groups is 2. The smallest absolute Gasteiger partial charge is 0.264 e. The average Bonchev–Trinajstić information content (AvgIpc) is 2.97. The van der Waals surface area contributed by atoms with Crippen molar-refractivity contribution in [3.8, 4) is 5.75 Å². The second-order valence-corrected chi connectivity index (χ2v) is 11.8. The fourth-order valence-electron chi connectivity index (χ4n) is 4.33. The summed E-state index contributed by atoms with van der Waals surface area (Å²) in [5, 5.41) is 2.76. The van der Waals surface area contributed by atoms with E-state index >= 15 is 0 Å². The minimum absolute atomic E-state index is 0.00949. The van der Waals surface area contributed by atoms with Gasteiger partial charge in [-0.1, -0.05) is 31.2 Å². The molecule has 0 saturated carbocycles. The van der Waals surface area contributed by atoms with Gasteiger partial charge < -0.3 is 15.0 Å². The molecule has 0 spiro atoms. The van der Waals surface area contributed by atoms with Crippen LogP contribution in [0.4, 0.5) is 10.1 Å². The molecule has 0 aromatic heterocycles. The van der Waals surface area contributed by atoms with Gasteiger partial charge in [-0.15, -0.1) is 11.8 Å². The summed E-state index contributed by atoms with van der Waals surface area (Å²) in [6, 6.07) is 17.8. The van der Waals surface area contributed by atoms with E-state index in [2.05, 4.69) is 5.32 Å². The van der Waals surface area contributed by atoms with Crippen molar-refractivity contribution in [3.05, 3.63) is 84.2 Å². The zero-order chi connectivity index (χ0) is 30.0. The molecule has 0 saturated heterocycles. The number of hydrogen-bond donors (Lipinski definition) is 1. The lowest BCUT2D eigenvalue weighted by atomic mass is 10.1. The number of sulfonamides is 1. The maximum atomic E-state index is 14.1. The number of amides is 2. The van der Waals surface area contributed by atoms with E-state index < -0.39 is 34.3 Å². The van der Waals surface area contributed by atoms with Crippen molar-refractivity contribution in [2.45, 2.75) is 49.6 Å². The lowest BCUT2D eigenvalue weighted by Gasteiger charge is -2.33. The summed E-state index contributed by atoms with van der Waals surface area (Å²) >= 11 is 1.48. The number of ether oxygens (including phenoxy) is 1. The number of carbonyl (C=O) groups excluding carboxylic acids is 2. The Morgan fingerprint density at radius 1 is 0.976 bits per heavy atom. The molecule has 11 heteroatoms. The van der Waals surface area contributed by atoms with Gasteiger partial charge in [0.2, 0.25) is 11.8 Å². The van der Waals surface area contributed by atoms with Gasteiger partial charge in [-0.3, -0.25) is 13.9 Å². The third-order valence-electron chi connectivity index (χ3n) is 6.36.